The van der Waals surface area contributed by atoms with Crippen molar-refractivity contribution in [3.63, 3.8) is 0 Å². The van der Waals surface area contributed by atoms with Crippen LogP contribution in [-0.2, 0) is 0 Å². The van der Waals surface area contributed by atoms with Gasteiger partial charge in [0.25, 0.3) is 5.91 Å². The van der Waals surface area contributed by atoms with Crippen molar-refractivity contribution in [1.29, 1.82) is 0 Å². The number of rotatable bonds is 4. The van der Waals surface area contributed by atoms with Crippen LogP contribution < -0.4 is 5.32 Å². The number of halogens is 3. The molecule has 98 valence electrons. The van der Waals surface area contributed by atoms with Crippen LogP contribution >= 0.6 is 45.8 Å². The van der Waals surface area contributed by atoms with E-state index in [1.54, 1.807) is 12.1 Å². The third kappa shape index (κ3) is 3.50. The zero-order valence-corrected chi connectivity index (χ0v) is 13.1. The van der Waals surface area contributed by atoms with Crippen LogP contribution in [0.5, 0.6) is 0 Å². The molecule has 2 N–H and O–H groups in total. The summed E-state index contributed by atoms with van der Waals surface area (Å²) in [7, 11) is 0. The van der Waals surface area contributed by atoms with Gasteiger partial charge in [-0.1, -0.05) is 23.2 Å². The summed E-state index contributed by atoms with van der Waals surface area (Å²) < 4.78 is 0.664. The highest BCUT2D eigenvalue weighted by atomic mass is 127. The molecule has 6 heteroatoms. The fraction of sp³-hybridized carbons (Fsp3) is 0.417. The standard InChI is InChI=1S/C12H12Cl2INO2/c13-7-3-8(11(15)9(14)4-7)12(18)16-5-10(17)6-1-2-6/h3-4,6,10,17H,1-2,5H2,(H,16,18). The minimum Gasteiger partial charge on any atom is -0.391 e. The molecule has 1 aliphatic carbocycles. The Morgan fingerprint density at radius 3 is 2.78 bits per heavy atom. The van der Waals surface area contributed by atoms with Crippen molar-refractivity contribution in [1.82, 2.24) is 5.32 Å². The van der Waals surface area contributed by atoms with Crippen LogP contribution in [0.4, 0.5) is 0 Å². The second-order valence-corrected chi connectivity index (χ2v) is 6.29. The Balaban J connectivity index is 2.03. The third-order valence-electron chi connectivity index (χ3n) is 2.88. The quantitative estimate of drug-likeness (QED) is 0.603. The van der Waals surface area contributed by atoms with E-state index in [2.05, 4.69) is 5.32 Å². The molecule has 0 heterocycles. The molecule has 18 heavy (non-hydrogen) atoms. The van der Waals surface area contributed by atoms with Crippen molar-refractivity contribution in [3.8, 4) is 0 Å². The monoisotopic (exact) mass is 399 g/mol. The summed E-state index contributed by atoms with van der Waals surface area (Å²) in [6.45, 7) is 0.268. The van der Waals surface area contributed by atoms with Crippen LogP contribution in [0.2, 0.25) is 10.0 Å². The number of aliphatic hydroxyl groups excluding tert-OH is 1. The molecule has 0 aliphatic heterocycles. The summed E-state index contributed by atoms with van der Waals surface area (Å²) in [6.07, 6.45) is 1.62. The summed E-state index contributed by atoms with van der Waals surface area (Å²) in [6, 6.07) is 3.18. The normalized spacial score (nSPS) is 16.4. The van der Waals surface area contributed by atoms with E-state index in [-0.39, 0.29) is 12.5 Å². The highest BCUT2D eigenvalue weighted by Gasteiger charge is 2.29. The maximum atomic E-state index is 12.0. The number of nitrogens with one attached hydrogen (secondary N) is 1. The Labute approximate surface area is 129 Å². The highest BCUT2D eigenvalue weighted by Crippen LogP contribution is 2.32. The molecule has 0 radical (unpaired) electrons. The summed E-state index contributed by atoms with van der Waals surface area (Å²) in [5, 5.41) is 13.3. The summed E-state index contributed by atoms with van der Waals surface area (Å²) in [5.74, 6) is 0.0795. The number of aliphatic hydroxyl groups is 1. The number of carbonyl (C=O) groups excluding carboxylic acids is 1. The van der Waals surface area contributed by atoms with Gasteiger partial charge in [-0.15, -0.1) is 0 Å². The molecule has 1 amide bonds. The first-order valence-electron chi connectivity index (χ1n) is 5.60. The van der Waals surface area contributed by atoms with E-state index in [4.69, 9.17) is 23.2 Å². The molecule has 1 aromatic rings. The SMILES string of the molecule is O=C(NCC(O)C1CC1)c1cc(Cl)cc(Cl)c1I. The third-order valence-corrected chi connectivity index (χ3v) is 4.87. The van der Waals surface area contributed by atoms with Gasteiger partial charge in [0.15, 0.2) is 0 Å². The lowest BCUT2D eigenvalue weighted by molar-refractivity contribution is 0.0900. The van der Waals surface area contributed by atoms with E-state index in [1.807, 2.05) is 22.6 Å². The zero-order chi connectivity index (χ0) is 13.3. The topological polar surface area (TPSA) is 49.3 Å². The van der Waals surface area contributed by atoms with E-state index < -0.39 is 6.10 Å². The number of hydrogen-bond donors (Lipinski definition) is 2. The second-order valence-electron chi connectivity index (χ2n) is 4.36. The van der Waals surface area contributed by atoms with E-state index in [0.717, 1.165) is 12.8 Å². The van der Waals surface area contributed by atoms with E-state index >= 15 is 0 Å². The van der Waals surface area contributed by atoms with Crippen molar-refractivity contribution < 1.29 is 9.90 Å². The van der Waals surface area contributed by atoms with Gasteiger partial charge in [0.05, 0.1) is 16.7 Å². The number of amides is 1. The summed E-state index contributed by atoms with van der Waals surface area (Å²) >= 11 is 13.8. The fourth-order valence-electron chi connectivity index (χ4n) is 1.66. The van der Waals surface area contributed by atoms with Gasteiger partial charge in [-0.3, -0.25) is 4.79 Å². The molecule has 3 nitrogen and oxygen atoms in total. The molecule has 2 rings (SSSR count). The molecule has 1 aromatic carbocycles. The fourth-order valence-corrected chi connectivity index (χ4v) is 2.71. The number of carbonyl (C=O) groups is 1. The van der Waals surface area contributed by atoms with Crippen LogP contribution in [0.1, 0.15) is 23.2 Å². The number of hydrogen-bond acceptors (Lipinski definition) is 2. The average molecular weight is 400 g/mol. The smallest absolute Gasteiger partial charge is 0.252 e. The van der Waals surface area contributed by atoms with Gasteiger partial charge in [-0.2, -0.15) is 0 Å². The molecule has 0 saturated heterocycles. The second kappa shape index (κ2) is 5.94. The Morgan fingerprint density at radius 2 is 2.17 bits per heavy atom. The van der Waals surface area contributed by atoms with Gasteiger partial charge >= 0.3 is 0 Å². The lowest BCUT2D eigenvalue weighted by atomic mass is 10.2. The van der Waals surface area contributed by atoms with Gasteiger partial charge in [-0.25, -0.2) is 0 Å². The van der Waals surface area contributed by atoms with Gasteiger partial charge in [0.2, 0.25) is 0 Å². The first-order valence-corrected chi connectivity index (χ1v) is 7.43. The molecule has 1 saturated carbocycles. The van der Waals surface area contributed by atoms with Crippen LogP contribution in [0, 0.1) is 9.49 Å². The predicted molar refractivity (Wildman–Crippen MR) is 80.2 cm³/mol. The Bertz CT molecular complexity index is 477. The van der Waals surface area contributed by atoms with E-state index in [0.29, 0.717) is 25.1 Å². The van der Waals surface area contributed by atoms with Crippen molar-refractivity contribution in [2.75, 3.05) is 6.54 Å². The van der Waals surface area contributed by atoms with Crippen LogP contribution in [-0.4, -0.2) is 23.7 Å². The van der Waals surface area contributed by atoms with Gasteiger partial charge in [0.1, 0.15) is 0 Å². The van der Waals surface area contributed by atoms with Crippen molar-refractivity contribution >= 4 is 51.7 Å². The molecule has 1 atom stereocenters. The van der Waals surface area contributed by atoms with Gasteiger partial charge in [0, 0.05) is 15.1 Å². The van der Waals surface area contributed by atoms with Gasteiger partial charge in [-0.05, 0) is 53.5 Å². The highest BCUT2D eigenvalue weighted by molar-refractivity contribution is 14.1. The minimum atomic E-state index is -0.457. The van der Waals surface area contributed by atoms with Gasteiger partial charge < -0.3 is 10.4 Å². The minimum absolute atomic E-state index is 0.261. The molecule has 0 aromatic heterocycles. The maximum absolute atomic E-state index is 12.0. The molecule has 1 unspecified atom stereocenters. The first kappa shape index (κ1) is 14.4. The average Bonchev–Trinajstić information content (AvgIpc) is 3.14. The Hall–Kier alpha value is -0.0400. The van der Waals surface area contributed by atoms with Crippen LogP contribution in [0.3, 0.4) is 0 Å². The Kier molecular flexibility index (Phi) is 4.75. The predicted octanol–water partition coefficient (Wildman–Crippen LogP) is 3.10. The Morgan fingerprint density at radius 1 is 1.50 bits per heavy atom. The van der Waals surface area contributed by atoms with Crippen LogP contribution in [0.15, 0.2) is 12.1 Å². The maximum Gasteiger partial charge on any atom is 0.252 e. The molecular formula is C12H12Cl2INO2. The zero-order valence-electron chi connectivity index (χ0n) is 9.42. The van der Waals surface area contributed by atoms with Crippen LogP contribution in [0.25, 0.3) is 0 Å². The lowest BCUT2D eigenvalue weighted by Crippen LogP contribution is -2.33. The molecule has 0 bridgehead atoms. The summed E-state index contributed by atoms with van der Waals surface area (Å²) in [4.78, 5) is 12.0. The van der Waals surface area contributed by atoms with E-state index in [9.17, 15) is 9.90 Å². The summed E-state index contributed by atoms with van der Waals surface area (Å²) in [5.41, 5.74) is 0.441. The lowest BCUT2D eigenvalue weighted by Gasteiger charge is -2.12. The van der Waals surface area contributed by atoms with Crippen molar-refractivity contribution in [3.05, 3.63) is 31.3 Å². The van der Waals surface area contributed by atoms with E-state index in [1.165, 1.54) is 0 Å². The largest absolute Gasteiger partial charge is 0.391 e. The van der Waals surface area contributed by atoms with Crippen molar-refractivity contribution in [2.45, 2.75) is 18.9 Å². The number of benzene rings is 1. The first-order chi connectivity index (χ1) is 8.49. The van der Waals surface area contributed by atoms with Crippen molar-refractivity contribution in [2.24, 2.45) is 5.92 Å². The molecular weight excluding hydrogens is 388 g/mol. The molecule has 1 fully saturated rings. The molecule has 1 aliphatic rings. The molecule has 0 spiro atoms.